The Morgan fingerprint density at radius 1 is 0.527 bits per heavy atom. The molecule has 1 aromatic heterocycles. The van der Waals surface area contributed by atoms with Crippen LogP contribution in [0.4, 0.5) is 5.69 Å². The van der Waals surface area contributed by atoms with E-state index in [1.807, 2.05) is 87.9 Å². The van der Waals surface area contributed by atoms with E-state index in [9.17, 15) is 92.0 Å². The van der Waals surface area contributed by atoms with Crippen LogP contribution in [0, 0.1) is 64.1 Å². The molecule has 0 saturated carbocycles. The summed E-state index contributed by atoms with van der Waals surface area (Å²) in [6.07, 6.45) is -1.05. The maximum Gasteiger partial charge on any atom is 0.336 e. The number of H-pyrrole nitrogens is 1. The van der Waals surface area contributed by atoms with Crippen molar-refractivity contribution in [3.8, 4) is 22.5 Å². The van der Waals surface area contributed by atoms with Crippen LogP contribution in [-0.4, -0.2) is 261 Å². The number of carbonyl (C=O) groups is 16. The van der Waals surface area contributed by atoms with Crippen molar-refractivity contribution >= 4 is 146 Å². The van der Waals surface area contributed by atoms with Gasteiger partial charge in [-0.25, -0.2) is 9.37 Å². The molecule has 40 heteroatoms. The number of nitrogens with two attached hydrogens (primary N) is 3. The minimum absolute atomic E-state index is 0.0109. The Kier molecular flexibility index (Phi) is 53.2. The minimum atomic E-state index is -1.58. The molecule has 0 bridgehead atoms. The molecule has 1 aliphatic carbocycles. The molecule has 2 heterocycles. The lowest BCUT2D eigenvalue weighted by molar-refractivity contribution is -0.139. The number of anilines is 1. The monoisotopic (exact) mass is 2080 g/mol. The number of Topliss-reactive ketones (excluding diaryl/α,β-unsaturated/α-hetero) is 8. The summed E-state index contributed by atoms with van der Waals surface area (Å²) in [7, 11) is 7.69. The maximum atomic E-state index is 15.0. The molecule has 6 amide bonds. The Balaban J connectivity index is 1.03. The fourth-order valence-electron chi connectivity index (χ4n) is 17.6. The number of fused-ring (bicyclic) bond motifs is 3. The predicted octanol–water partition coefficient (Wildman–Crippen LogP) is 8.48. The van der Waals surface area contributed by atoms with Crippen molar-refractivity contribution < 1.29 is 111 Å². The van der Waals surface area contributed by atoms with E-state index in [1.54, 1.807) is 91.1 Å². The van der Waals surface area contributed by atoms with Crippen LogP contribution in [-0.2, 0) is 87.8 Å². The number of guanidine groups is 2. The zero-order valence-electron chi connectivity index (χ0n) is 88.2. The van der Waals surface area contributed by atoms with Gasteiger partial charge in [-0.3, -0.25) is 82.7 Å². The Morgan fingerprint density at radius 2 is 1.09 bits per heavy atom. The number of hydrogen-bond donors (Lipinski definition) is 18. The number of hydrogen-bond acceptors (Lipinski definition) is 26. The fraction of sp³-hybridized carbons (Fsp3) is 0.583. The largest absolute Gasteiger partial charge is 0.481 e. The standard InChI is InChI=1S/C108H158N16O23S/c1-15-65(8)99(93(133)54-71(48-62(2)3)103(139)117-66(9)87(127)28-18-20-42-144-44-46-146-47-45-145-43-21-19-29-88(128)68-30-33-78(106(142)143)82(50-68)98-79-34-31-74(123(11)12)56-94(79)147-95-57-75(124(13)14)32-35-80(95)98)121-102(138)70(25-23-41-115-108(112)113)52-90(130)84(36-39-97(135)136)119-104(140)73(61-148)55-92(132)85(49-63(4)5)120-101(137)69(24-22-40-114-107(110)111)53-91(131)86(51-72-60-116-83-27-17-16-26-77(72)83)118-96(134)38-37-89(129)100(67(10)125)122-105(141)81(64(6)7)58-76(126)59-109/h16-17,26-27,30-35,50,56-57,60,62-67,69-71,73,81,84-86,99-100,116,125H,15,18-25,28-29,36-49,51-55,58-59,61,109H2,1-14H3,(H16-,110,111,112,113,114,115,117,118,119,120,121,122,134,135,136,137,138,139,140,141,142,143,148)/p+1/t65-,66-,67+,69+,70+,71+,73-,81-,84-,85-,86-,99-,100-/m0/s1. The van der Waals surface area contributed by atoms with Gasteiger partial charge in [0.15, 0.2) is 52.4 Å². The molecule has 814 valence electrons. The van der Waals surface area contributed by atoms with Gasteiger partial charge in [0, 0.05) is 197 Å². The third-order valence-electron chi connectivity index (χ3n) is 26.4. The Labute approximate surface area is 872 Å². The number of aromatic amines is 1. The lowest BCUT2D eigenvalue weighted by atomic mass is 9.85. The highest BCUT2D eigenvalue weighted by atomic mass is 32.1. The molecule has 4 aromatic rings. The Morgan fingerprint density at radius 3 is 1.66 bits per heavy atom. The molecule has 0 saturated heterocycles. The zero-order chi connectivity index (χ0) is 110. The SMILES string of the molecule is CC[C@H](C)[C@H](NC(=O)[C@H](CCCNC(=N)N)CC(=O)[C@H](CCC(=O)O)NC(=O)[C@H](CS)CC(=O)[C@H](CC(C)C)NC(=O)[C@H](CCCNC(=N)N)CC(=O)[C@H](Cc1c[nH]c2ccccc12)NC(=O)CCC(=O)[C@@H](NC(=O)[C@@H](CC(=O)CN)C(C)C)[C@@H](C)O)C(=O)C[C@@H](CC(C)C)C(=O)N[C@@H](C)C(=O)CCCCOCCOCCOCCCCC(=O)c1ccc(C(=O)O)c(-c2c3ccc(=[N+](C)C)cc-3oc3cc(N(C)C)ccc23)c1. The number of aliphatic hydroxyl groups is 1. The molecule has 20 N–H and O–H groups in total. The van der Waals surface area contributed by atoms with Gasteiger partial charge in [0.1, 0.15) is 37.3 Å². The third kappa shape index (κ3) is 41.2. The second kappa shape index (κ2) is 63.4. The van der Waals surface area contributed by atoms with Crippen molar-refractivity contribution in [2.24, 2.45) is 70.5 Å². The van der Waals surface area contributed by atoms with Crippen LogP contribution >= 0.6 is 12.6 Å². The maximum absolute atomic E-state index is 15.0. The highest BCUT2D eigenvalue weighted by Crippen LogP contribution is 2.43. The van der Waals surface area contributed by atoms with Gasteiger partial charge in [0.25, 0.3) is 0 Å². The van der Waals surface area contributed by atoms with Crippen molar-refractivity contribution in [2.45, 2.75) is 259 Å². The first-order chi connectivity index (χ1) is 70.2. The summed E-state index contributed by atoms with van der Waals surface area (Å²) in [4.78, 5) is 229. The zero-order valence-corrected chi connectivity index (χ0v) is 89.1. The summed E-state index contributed by atoms with van der Waals surface area (Å²) in [6, 6.07) is 15.6. The molecule has 6 rings (SSSR count). The van der Waals surface area contributed by atoms with Gasteiger partial charge >= 0.3 is 11.9 Å². The molecule has 39 nitrogen and oxygen atoms in total. The molecule has 0 radical (unpaired) electrons. The van der Waals surface area contributed by atoms with Crippen molar-refractivity contribution in [1.82, 2.24) is 52.1 Å². The number of carboxylic acids is 2. The highest BCUT2D eigenvalue weighted by Gasteiger charge is 2.40. The molecule has 0 spiro atoms. The number of para-hydroxylation sites is 1. The van der Waals surface area contributed by atoms with Gasteiger partial charge in [-0.1, -0.05) is 86.1 Å². The lowest BCUT2D eigenvalue weighted by Crippen LogP contribution is -2.51. The first-order valence-electron chi connectivity index (χ1n) is 51.4. The summed E-state index contributed by atoms with van der Waals surface area (Å²) in [5.74, 6) is -18.4. The lowest BCUT2D eigenvalue weighted by Gasteiger charge is -2.29. The number of carbonyl (C=O) groups excluding carboxylic acids is 14. The van der Waals surface area contributed by atoms with Crippen LogP contribution in [0.25, 0.3) is 44.3 Å². The van der Waals surface area contributed by atoms with Crippen molar-refractivity contribution in [3.05, 3.63) is 107 Å². The first kappa shape index (κ1) is 124. The van der Waals surface area contributed by atoms with E-state index >= 15 is 0 Å². The number of rotatable bonds is 73. The molecular weight excluding hydrogens is 1920 g/mol. The Hall–Kier alpha value is -12.5. The van der Waals surface area contributed by atoms with Crippen molar-refractivity contribution in [2.75, 3.05) is 98.1 Å². The average Bonchev–Trinajstić information content (AvgIpc) is 0.867. The number of aromatic nitrogens is 1. The summed E-state index contributed by atoms with van der Waals surface area (Å²) in [5, 5.41) is 70.7. The molecular formula is C108H159N16O23S+. The molecule has 13 atom stereocenters. The van der Waals surface area contributed by atoms with Crippen molar-refractivity contribution in [1.29, 1.82) is 10.8 Å². The second-order valence-electron chi connectivity index (χ2n) is 40.0. The van der Waals surface area contributed by atoms with Gasteiger partial charge in [-0.2, -0.15) is 12.6 Å². The number of thiol groups is 1. The van der Waals surface area contributed by atoms with Gasteiger partial charge in [-0.15, -0.1) is 0 Å². The van der Waals surface area contributed by atoms with E-state index < -0.39 is 199 Å². The van der Waals surface area contributed by atoms with Crippen LogP contribution in [0.15, 0.2) is 89.5 Å². The quantitative estimate of drug-likeness (QED) is 0.00323. The molecule has 2 aliphatic rings. The van der Waals surface area contributed by atoms with E-state index in [2.05, 4.69) is 60.1 Å². The number of amides is 6. The van der Waals surface area contributed by atoms with Gasteiger partial charge < -0.3 is 104 Å². The van der Waals surface area contributed by atoms with Crippen LogP contribution in [0.3, 0.4) is 0 Å². The Bertz CT molecular complexity index is 5570. The fourth-order valence-corrected chi connectivity index (χ4v) is 17.9. The highest BCUT2D eigenvalue weighted by molar-refractivity contribution is 7.80. The molecule has 148 heavy (non-hydrogen) atoms. The van der Waals surface area contributed by atoms with Gasteiger partial charge in [0.2, 0.25) is 40.8 Å². The van der Waals surface area contributed by atoms with Gasteiger partial charge in [-0.05, 0) is 156 Å². The topological polar surface area (TPSA) is 619 Å². The minimum Gasteiger partial charge on any atom is -0.481 e. The van der Waals surface area contributed by atoms with Crippen LogP contribution in [0.1, 0.15) is 237 Å². The summed E-state index contributed by atoms with van der Waals surface area (Å²) in [6.45, 7) is 18.8. The van der Waals surface area contributed by atoms with Gasteiger partial charge in [0.05, 0.1) is 86.8 Å². The van der Waals surface area contributed by atoms with E-state index in [-0.39, 0.29) is 162 Å². The molecule has 3 aromatic carbocycles. The third-order valence-corrected chi connectivity index (χ3v) is 26.8. The number of benzene rings is 4. The second-order valence-corrected chi connectivity index (χ2v) is 40.4. The number of unbranched alkanes of at least 4 members (excludes halogenated alkanes) is 2. The summed E-state index contributed by atoms with van der Waals surface area (Å²) < 4.78 is 25.7. The molecule has 0 fully saturated rings. The first-order valence-corrected chi connectivity index (χ1v) is 52.0. The van der Waals surface area contributed by atoms with E-state index in [4.69, 9.17) is 46.6 Å². The van der Waals surface area contributed by atoms with Crippen molar-refractivity contribution in [3.63, 3.8) is 0 Å². The van der Waals surface area contributed by atoms with E-state index in [0.29, 0.717) is 114 Å². The summed E-state index contributed by atoms with van der Waals surface area (Å²) in [5.41, 5.74) is 21.7. The van der Waals surface area contributed by atoms with Crippen LogP contribution < -0.4 is 74.6 Å². The summed E-state index contributed by atoms with van der Waals surface area (Å²) >= 11 is 4.45. The number of aliphatic carboxylic acids is 1. The number of aliphatic hydroxyl groups excluding tert-OH is 1. The number of nitrogens with one attached hydrogen (secondary N) is 11. The smallest absolute Gasteiger partial charge is 0.336 e. The average molecular weight is 2080 g/mol. The van der Waals surface area contributed by atoms with E-state index in [0.717, 1.165) is 11.0 Å². The number of nitrogens with zero attached hydrogens (tertiary/aromatic N) is 2. The number of ketones is 8. The van der Waals surface area contributed by atoms with Crippen LogP contribution in [0.5, 0.6) is 0 Å². The number of ether oxygens (including phenoxy) is 3. The van der Waals surface area contributed by atoms with Crippen LogP contribution in [0.2, 0.25) is 0 Å². The molecule has 0 unspecified atom stereocenters. The number of carboxylic acid groups (broad SMARTS) is 2. The number of aromatic carboxylic acids is 1. The normalized spacial score (nSPS) is 14.2. The molecule has 1 aliphatic heterocycles. The predicted molar refractivity (Wildman–Crippen MR) is 568 cm³/mol. The van der Waals surface area contributed by atoms with E-state index in [1.165, 1.54) is 13.0 Å².